The van der Waals surface area contributed by atoms with E-state index < -0.39 is 0 Å². The van der Waals surface area contributed by atoms with Gasteiger partial charge in [-0.05, 0) is 61.6 Å². The molecule has 0 atom stereocenters. The van der Waals surface area contributed by atoms with Crippen LogP contribution >= 0.6 is 0 Å². The lowest BCUT2D eigenvalue weighted by molar-refractivity contribution is -0.121. The Balaban J connectivity index is 1.79. The van der Waals surface area contributed by atoms with E-state index in [-0.39, 0.29) is 23.9 Å². The molecule has 2 amide bonds. The van der Waals surface area contributed by atoms with Crippen LogP contribution in [0, 0.1) is 0 Å². The Morgan fingerprint density at radius 2 is 1.74 bits per heavy atom. The first-order valence-corrected chi connectivity index (χ1v) is 7.98. The van der Waals surface area contributed by atoms with Gasteiger partial charge in [0.1, 0.15) is 0 Å². The Hall–Kier alpha value is -2.36. The largest absolute Gasteiger partial charge is 0.350 e. The molecule has 0 aliphatic heterocycles. The Bertz CT molecular complexity index is 778. The van der Waals surface area contributed by atoms with E-state index in [2.05, 4.69) is 16.7 Å². The second-order valence-corrected chi connectivity index (χ2v) is 7.09. The number of nitrogens with one attached hydrogen (secondary N) is 2. The molecule has 0 unspecified atom stereocenters. The van der Waals surface area contributed by atoms with Crippen molar-refractivity contribution in [2.45, 2.75) is 39.2 Å². The molecular formula is C19H22N2O2. The van der Waals surface area contributed by atoms with Gasteiger partial charge in [-0.1, -0.05) is 24.3 Å². The summed E-state index contributed by atoms with van der Waals surface area (Å²) in [5.41, 5.74) is 2.94. The van der Waals surface area contributed by atoms with Crippen LogP contribution in [-0.2, 0) is 17.6 Å². The summed E-state index contributed by atoms with van der Waals surface area (Å²) in [4.78, 5) is 24.3. The van der Waals surface area contributed by atoms with E-state index in [0.29, 0.717) is 5.56 Å². The first-order valence-electron chi connectivity index (χ1n) is 7.98. The maximum Gasteiger partial charge on any atom is 0.252 e. The Labute approximate surface area is 136 Å². The Morgan fingerprint density at radius 1 is 1.04 bits per heavy atom. The van der Waals surface area contributed by atoms with Crippen molar-refractivity contribution in [2.75, 3.05) is 6.54 Å². The molecule has 4 heteroatoms. The van der Waals surface area contributed by atoms with Crippen LogP contribution in [0.5, 0.6) is 0 Å². The van der Waals surface area contributed by atoms with E-state index in [1.807, 2.05) is 45.0 Å². The lowest BCUT2D eigenvalue weighted by atomic mass is 9.99. The van der Waals surface area contributed by atoms with E-state index in [9.17, 15) is 9.59 Å². The first-order chi connectivity index (χ1) is 10.8. The van der Waals surface area contributed by atoms with Crippen molar-refractivity contribution in [3.63, 3.8) is 0 Å². The highest BCUT2D eigenvalue weighted by atomic mass is 16.2. The molecule has 2 N–H and O–H groups in total. The third kappa shape index (κ3) is 3.21. The smallest absolute Gasteiger partial charge is 0.252 e. The fraction of sp³-hybridized carbons (Fsp3) is 0.368. The second kappa shape index (κ2) is 5.69. The van der Waals surface area contributed by atoms with Crippen molar-refractivity contribution in [1.29, 1.82) is 0 Å². The van der Waals surface area contributed by atoms with Gasteiger partial charge < -0.3 is 10.6 Å². The Morgan fingerprint density at radius 3 is 2.43 bits per heavy atom. The summed E-state index contributed by atoms with van der Waals surface area (Å²) in [5, 5.41) is 7.75. The van der Waals surface area contributed by atoms with Crippen molar-refractivity contribution in [2.24, 2.45) is 0 Å². The quantitative estimate of drug-likeness (QED) is 0.915. The van der Waals surface area contributed by atoms with Gasteiger partial charge in [0, 0.05) is 11.1 Å². The van der Waals surface area contributed by atoms with Crippen molar-refractivity contribution >= 4 is 22.6 Å². The van der Waals surface area contributed by atoms with Gasteiger partial charge in [-0.25, -0.2) is 0 Å². The van der Waals surface area contributed by atoms with E-state index >= 15 is 0 Å². The normalized spacial score (nSPS) is 13.2. The lowest BCUT2D eigenvalue weighted by Crippen LogP contribution is -2.45. The molecule has 0 bridgehead atoms. The standard InChI is InChI=1S/C19H22N2O2/c1-19(2,3)21-16(22)11-20-18(23)15-10-9-13-8-7-12-5-4-6-14(15)17(12)13/h4-6,9-10H,7-8,11H2,1-3H3,(H,20,23)(H,21,22). The molecule has 0 radical (unpaired) electrons. The molecule has 3 rings (SSSR count). The van der Waals surface area contributed by atoms with Gasteiger partial charge in [0.05, 0.1) is 6.54 Å². The molecule has 23 heavy (non-hydrogen) atoms. The monoisotopic (exact) mass is 310 g/mol. The lowest BCUT2D eigenvalue weighted by Gasteiger charge is -2.20. The van der Waals surface area contributed by atoms with Crippen molar-refractivity contribution in [3.8, 4) is 0 Å². The second-order valence-electron chi connectivity index (χ2n) is 7.09. The predicted octanol–water partition coefficient (Wildman–Crippen LogP) is 2.58. The SMILES string of the molecule is CC(C)(C)NC(=O)CNC(=O)c1ccc2c3c(cccc13)CC2. The summed E-state index contributed by atoms with van der Waals surface area (Å²) in [7, 11) is 0. The van der Waals surface area contributed by atoms with Crippen LogP contribution in [0.1, 0.15) is 42.3 Å². The van der Waals surface area contributed by atoms with E-state index in [1.165, 1.54) is 16.5 Å². The minimum Gasteiger partial charge on any atom is -0.350 e. The van der Waals surface area contributed by atoms with Crippen molar-refractivity contribution < 1.29 is 9.59 Å². The van der Waals surface area contributed by atoms with E-state index in [1.54, 1.807) is 0 Å². The maximum atomic E-state index is 12.5. The third-order valence-corrected chi connectivity index (χ3v) is 4.05. The molecule has 120 valence electrons. The molecule has 0 saturated carbocycles. The Kier molecular flexibility index (Phi) is 3.84. The summed E-state index contributed by atoms with van der Waals surface area (Å²) in [6, 6.07) is 10.00. The molecule has 1 aliphatic carbocycles. The van der Waals surface area contributed by atoms with Gasteiger partial charge in [-0.3, -0.25) is 9.59 Å². The fourth-order valence-corrected chi connectivity index (χ4v) is 3.16. The average molecular weight is 310 g/mol. The number of aryl methyl sites for hydroxylation is 2. The molecule has 0 saturated heterocycles. The molecular weight excluding hydrogens is 288 g/mol. The van der Waals surface area contributed by atoms with Gasteiger partial charge in [0.2, 0.25) is 5.91 Å². The topological polar surface area (TPSA) is 58.2 Å². The van der Waals surface area contributed by atoms with Crippen LogP contribution in [-0.4, -0.2) is 23.9 Å². The molecule has 1 aliphatic rings. The van der Waals surface area contributed by atoms with Gasteiger partial charge in [0.15, 0.2) is 0 Å². The molecule has 2 aromatic rings. The number of amides is 2. The van der Waals surface area contributed by atoms with Gasteiger partial charge in [0.25, 0.3) is 5.91 Å². The van der Waals surface area contributed by atoms with E-state index in [4.69, 9.17) is 0 Å². The maximum absolute atomic E-state index is 12.5. The minimum atomic E-state index is -0.302. The molecule has 0 heterocycles. The van der Waals surface area contributed by atoms with E-state index in [0.717, 1.165) is 18.2 Å². The summed E-state index contributed by atoms with van der Waals surface area (Å²) in [6.45, 7) is 5.72. The van der Waals surface area contributed by atoms with Crippen LogP contribution < -0.4 is 10.6 Å². The highest BCUT2D eigenvalue weighted by Gasteiger charge is 2.19. The zero-order valence-electron chi connectivity index (χ0n) is 13.8. The number of benzene rings is 2. The summed E-state index contributed by atoms with van der Waals surface area (Å²) in [6.07, 6.45) is 2.07. The summed E-state index contributed by atoms with van der Waals surface area (Å²) >= 11 is 0. The van der Waals surface area contributed by atoms with Gasteiger partial charge in [-0.2, -0.15) is 0 Å². The zero-order chi connectivity index (χ0) is 16.6. The number of hydrogen-bond donors (Lipinski definition) is 2. The average Bonchev–Trinajstić information content (AvgIpc) is 2.89. The highest BCUT2D eigenvalue weighted by Crippen LogP contribution is 2.32. The van der Waals surface area contributed by atoms with Crippen LogP contribution in [0.4, 0.5) is 0 Å². The molecule has 4 nitrogen and oxygen atoms in total. The van der Waals surface area contributed by atoms with Crippen LogP contribution in [0.15, 0.2) is 30.3 Å². The number of rotatable bonds is 3. The third-order valence-electron chi connectivity index (χ3n) is 4.05. The first kappa shape index (κ1) is 15.5. The fourth-order valence-electron chi connectivity index (χ4n) is 3.16. The number of carbonyl (C=O) groups excluding carboxylic acids is 2. The number of hydrogen-bond acceptors (Lipinski definition) is 2. The molecule has 0 spiro atoms. The molecule has 2 aromatic carbocycles. The zero-order valence-corrected chi connectivity index (χ0v) is 13.8. The van der Waals surface area contributed by atoms with Crippen molar-refractivity contribution in [3.05, 3.63) is 47.0 Å². The highest BCUT2D eigenvalue weighted by molar-refractivity contribution is 6.09. The van der Waals surface area contributed by atoms with Gasteiger partial charge >= 0.3 is 0 Å². The minimum absolute atomic E-state index is 0.0148. The molecule has 0 fully saturated rings. The predicted molar refractivity (Wildman–Crippen MR) is 91.6 cm³/mol. The van der Waals surface area contributed by atoms with Crippen LogP contribution in [0.2, 0.25) is 0 Å². The number of carbonyl (C=O) groups is 2. The summed E-state index contributed by atoms with van der Waals surface area (Å²) < 4.78 is 0. The summed E-state index contributed by atoms with van der Waals surface area (Å²) in [5.74, 6) is -0.388. The van der Waals surface area contributed by atoms with Crippen LogP contribution in [0.25, 0.3) is 10.8 Å². The molecule has 0 aromatic heterocycles. The van der Waals surface area contributed by atoms with Crippen LogP contribution in [0.3, 0.4) is 0 Å². The van der Waals surface area contributed by atoms with Crippen molar-refractivity contribution in [1.82, 2.24) is 10.6 Å². The van der Waals surface area contributed by atoms with Gasteiger partial charge in [-0.15, -0.1) is 0 Å².